The lowest BCUT2D eigenvalue weighted by atomic mass is 10.3. The van der Waals surface area contributed by atoms with Crippen molar-refractivity contribution in [2.45, 2.75) is 0 Å². The molecule has 1 heterocycles. The summed E-state index contributed by atoms with van der Waals surface area (Å²) in [5.41, 5.74) is 11.4. The fraction of sp³-hybridized carbons (Fsp3) is 0. The SMILES string of the molecule is NC(=O)NNc1nc2ccccc2[nH]1. The van der Waals surface area contributed by atoms with E-state index in [0.717, 1.165) is 11.0 Å². The fourth-order valence-electron chi connectivity index (χ4n) is 1.13. The number of aromatic nitrogens is 2. The minimum absolute atomic E-state index is 0.449. The van der Waals surface area contributed by atoms with E-state index in [1.807, 2.05) is 24.3 Å². The number of nitrogens with zero attached hydrogens (tertiary/aromatic N) is 1. The smallest absolute Gasteiger partial charge is 0.330 e. The highest BCUT2D eigenvalue weighted by Crippen LogP contribution is 2.12. The van der Waals surface area contributed by atoms with Gasteiger partial charge in [0.15, 0.2) is 0 Å². The normalized spacial score (nSPS) is 10.0. The molecule has 2 amide bonds. The number of nitrogens with one attached hydrogen (secondary N) is 3. The molecule has 1 aromatic carbocycles. The van der Waals surface area contributed by atoms with Gasteiger partial charge < -0.3 is 10.7 Å². The molecule has 0 atom stereocenters. The maximum absolute atomic E-state index is 10.4. The summed E-state index contributed by atoms with van der Waals surface area (Å²) >= 11 is 0. The Balaban J connectivity index is 2.22. The molecule has 2 aromatic rings. The lowest BCUT2D eigenvalue weighted by molar-refractivity contribution is 0.250. The Kier molecular flexibility index (Phi) is 1.94. The first kappa shape index (κ1) is 8.36. The van der Waals surface area contributed by atoms with Crippen molar-refractivity contribution in [2.75, 3.05) is 5.43 Å². The Hall–Kier alpha value is -2.24. The second-order valence-corrected chi connectivity index (χ2v) is 2.72. The van der Waals surface area contributed by atoms with Crippen LogP contribution in [0.2, 0.25) is 0 Å². The maximum atomic E-state index is 10.4. The Morgan fingerprint density at radius 2 is 2.21 bits per heavy atom. The maximum Gasteiger partial charge on any atom is 0.330 e. The van der Waals surface area contributed by atoms with Crippen molar-refractivity contribution in [3.05, 3.63) is 24.3 Å². The summed E-state index contributed by atoms with van der Waals surface area (Å²) in [6, 6.07) is 6.87. The molecule has 0 aliphatic heterocycles. The summed E-state index contributed by atoms with van der Waals surface area (Å²) < 4.78 is 0. The molecule has 14 heavy (non-hydrogen) atoms. The minimum atomic E-state index is -0.662. The van der Waals surface area contributed by atoms with Crippen molar-refractivity contribution >= 4 is 23.0 Å². The van der Waals surface area contributed by atoms with E-state index < -0.39 is 6.03 Å². The van der Waals surface area contributed by atoms with Crippen molar-refractivity contribution in [3.63, 3.8) is 0 Å². The van der Waals surface area contributed by atoms with Crippen molar-refractivity contribution < 1.29 is 4.79 Å². The van der Waals surface area contributed by atoms with Crippen LogP contribution in [-0.4, -0.2) is 16.0 Å². The van der Waals surface area contributed by atoms with Crippen LogP contribution in [0.5, 0.6) is 0 Å². The quantitative estimate of drug-likeness (QED) is 0.522. The Bertz CT molecular complexity index is 430. The number of fused-ring (bicyclic) bond motifs is 1. The first-order valence-electron chi connectivity index (χ1n) is 4.02. The third-order valence-corrected chi connectivity index (χ3v) is 1.69. The largest absolute Gasteiger partial charge is 0.350 e. The molecule has 5 N–H and O–H groups in total. The number of nitrogens with two attached hydrogens (primary N) is 1. The van der Waals surface area contributed by atoms with Crippen molar-refractivity contribution in [3.8, 4) is 0 Å². The summed E-state index contributed by atoms with van der Waals surface area (Å²) in [6.45, 7) is 0. The molecule has 0 unspecified atom stereocenters. The van der Waals surface area contributed by atoms with Crippen LogP contribution in [0.1, 0.15) is 0 Å². The monoisotopic (exact) mass is 191 g/mol. The molecule has 0 radical (unpaired) electrons. The molecule has 6 heteroatoms. The van der Waals surface area contributed by atoms with E-state index in [-0.39, 0.29) is 0 Å². The van der Waals surface area contributed by atoms with E-state index in [4.69, 9.17) is 5.73 Å². The van der Waals surface area contributed by atoms with Crippen LogP contribution in [0, 0.1) is 0 Å². The van der Waals surface area contributed by atoms with Crippen LogP contribution >= 0.6 is 0 Å². The summed E-state index contributed by atoms with van der Waals surface area (Å²) in [5, 5.41) is 0. The molecule has 0 saturated carbocycles. The number of hydrazine groups is 1. The molecule has 1 aromatic heterocycles. The van der Waals surface area contributed by atoms with E-state index in [1.54, 1.807) is 0 Å². The third kappa shape index (κ3) is 1.58. The van der Waals surface area contributed by atoms with Gasteiger partial charge in [-0.15, -0.1) is 0 Å². The molecule has 0 aliphatic carbocycles. The zero-order valence-electron chi connectivity index (χ0n) is 7.24. The first-order valence-corrected chi connectivity index (χ1v) is 4.02. The van der Waals surface area contributed by atoms with E-state index in [2.05, 4.69) is 20.8 Å². The molecule has 0 aliphatic rings. The lowest BCUT2D eigenvalue weighted by Gasteiger charge is -1.99. The lowest BCUT2D eigenvalue weighted by Crippen LogP contribution is -2.34. The van der Waals surface area contributed by atoms with Crippen LogP contribution in [0.4, 0.5) is 10.7 Å². The number of hydrogen-bond acceptors (Lipinski definition) is 3. The van der Waals surface area contributed by atoms with Gasteiger partial charge in [0.2, 0.25) is 5.95 Å². The Morgan fingerprint density at radius 3 is 2.93 bits per heavy atom. The van der Waals surface area contributed by atoms with Gasteiger partial charge in [0, 0.05) is 0 Å². The fourth-order valence-corrected chi connectivity index (χ4v) is 1.13. The van der Waals surface area contributed by atoms with Crippen molar-refractivity contribution in [1.29, 1.82) is 0 Å². The van der Waals surface area contributed by atoms with Crippen molar-refractivity contribution in [1.82, 2.24) is 15.4 Å². The number of anilines is 1. The number of imidazole rings is 1. The van der Waals surface area contributed by atoms with Crippen LogP contribution in [0.25, 0.3) is 11.0 Å². The summed E-state index contributed by atoms with van der Waals surface area (Å²) in [5.74, 6) is 0.449. The molecule has 2 rings (SSSR count). The van der Waals surface area contributed by atoms with Crippen molar-refractivity contribution in [2.24, 2.45) is 5.73 Å². The third-order valence-electron chi connectivity index (χ3n) is 1.69. The van der Waals surface area contributed by atoms with E-state index in [0.29, 0.717) is 5.95 Å². The highest BCUT2D eigenvalue weighted by molar-refractivity contribution is 5.78. The number of hydrogen-bond donors (Lipinski definition) is 4. The highest BCUT2D eigenvalue weighted by Gasteiger charge is 2.00. The van der Waals surface area contributed by atoms with Gasteiger partial charge in [-0.1, -0.05) is 12.1 Å². The molecule has 0 saturated heterocycles. The molecule has 72 valence electrons. The number of H-pyrrole nitrogens is 1. The number of benzene rings is 1. The number of carbonyl (C=O) groups excluding carboxylic acids is 1. The topological polar surface area (TPSA) is 95.8 Å². The standard InChI is InChI=1S/C8H9N5O/c9-7(14)12-13-8-10-5-3-1-2-4-6(5)11-8/h1-4H,(H3,9,12,14)(H2,10,11,13). The van der Waals surface area contributed by atoms with Crippen LogP contribution in [0.15, 0.2) is 24.3 Å². The van der Waals surface area contributed by atoms with Gasteiger partial charge in [0.1, 0.15) is 0 Å². The number of urea groups is 1. The van der Waals surface area contributed by atoms with E-state index in [1.165, 1.54) is 0 Å². The average Bonchev–Trinajstić information content (AvgIpc) is 2.57. The number of aromatic amines is 1. The van der Waals surface area contributed by atoms with Gasteiger partial charge in [0.25, 0.3) is 0 Å². The van der Waals surface area contributed by atoms with Gasteiger partial charge in [-0.05, 0) is 12.1 Å². The number of primary amides is 1. The molecular formula is C8H9N5O. The summed E-state index contributed by atoms with van der Waals surface area (Å²) in [6.07, 6.45) is 0. The second-order valence-electron chi connectivity index (χ2n) is 2.72. The number of para-hydroxylation sites is 2. The number of amides is 2. The van der Waals surface area contributed by atoms with Crippen LogP contribution in [0.3, 0.4) is 0 Å². The first-order chi connectivity index (χ1) is 6.75. The Labute approximate surface area is 79.5 Å². The zero-order valence-corrected chi connectivity index (χ0v) is 7.24. The Morgan fingerprint density at radius 1 is 1.43 bits per heavy atom. The van der Waals surface area contributed by atoms with Gasteiger partial charge in [-0.2, -0.15) is 0 Å². The van der Waals surface area contributed by atoms with Crippen LogP contribution < -0.4 is 16.6 Å². The number of carbonyl (C=O) groups is 1. The minimum Gasteiger partial charge on any atom is -0.350 e. The summed E-state index contributed by atoms with van der Waals surface area (Å²) in [4.78, 5) is 17.5. The predicted octanol–water partition coefficient (Wildman–Crippen LogP) is 0.558. The van der Waals surface area contributed by atoms with Gasteiger partial charge in [0.05, 0.1) is 11.0 Å². The molecular weight excluding hydrogens is 182 g/mol. The molecule has 6 nitrogen and oxygen atoms in total. The van der Waals surface area contributed by atoms with Gasteiger partial charge in [-0.25, -0.2) is 15.2 Å². The van der Waals surface area contributed by atoms with Gasteiger partial charge >= 0.3 is 6.03 Å². The molecule has 0 bridgehead atoms. The average molecular weight is 191 g/mol. The van der Waals surface area contributed by atoms with Crippen LogP contribution in [-0.2, 0) is 0 Å². The van der Waals surface area contributed by atoms with E-state index in [9.17, 15) is 4.79 Å². The summed E-state index contributed by atoms with van der Waals surface area (Å²) in [7, 11) is 0. The highest BCUT2D eigenvalue weighted by atomic mass is 16.2. The van der Waals surface area contributed by atoms with E-state index >= 15 is 0 Å². The number of rotatable bonds is 2. The molecule has 0 fully saturated rings. The molecule has 0 spiro atoms. The predicted molar refractivity (Wildman–Crippen MR) is 52.4 cm³/mol. The zero-order chi connectivity index (χ0) is 9.97. The second kappa shape index (κ2) is 3.25. The van der Waals surface area contributed by atoms with Gasteiger partial charge in [-0.3, -0.25) is 5.43 Å².